The number of aliphatic hydroxyl groups excluding tert-OH is 1. The van der Waals surface area contributed by atoms with Crippen molar-refractivity contribution in [2.75, 3.05) is 23.9 Å². The minimum Gasteiger partial charge on any atom is -0.396 e. The Balaban J connectivity index is 1.89. The quantitative estimate of drug-likeness (QED) is 0.471. The smallest absolute Gasteiger partial charge is 0.141 e. The second kappa shape index (κ2) is 6.56. The number of anilines is 2. The summed E-state index contributed by atoms with van der Waals surface area (Å²) in [6.07, 6.45) is 6.59. The molecule has 1 aromatic rings. The number of aliphatic hydroxyl groups is 1. The zero-order valence-electron chi connectivity index (χ0n) is 10.6. The Morgan fingerprint density at radius 2 is 2.11 bits per heavy atom. The lowest BCUT2D eigenvalue weighted by Gasteiger charge is -2.30. The largest absolute Gasteiger partial charge is 0.396 e. The Kier molecular flexibility index (Phi) is 4.78. The number of hydrogen-bond donors (Lipinski definition) is 4. The Morgan fingerprint density at radius 1 is 1.33 bits per heavy atom. The minimum atomic E-state index is 0.304. The van der Waals surface area contributed by atoms with Crippen molar-refractivity contribution in [2.45, 2.75) is 25.7 Å². The number of aromatic nitrogens is 1. The van der Waals surface area contributed by atoms with Crippen LogP contribution in [0.3, 0.4) is 0 Å². The van der Waals surface area contributed by atoms with Crippen LogP contribution in [0.2, 0.25) is 0 Å². The van der Waals surface area contributed by atoms with Crippen LogP contribution in [0.4, 0.5) is 11.5 Å². The summed E-state index contributed by atoms with van der Waals surface area (Å²) in [6.45, 7) is 1.21. The van der Waals surface area contributed by atoms with Crippen molar-refractivity contribution in [1.82, 2.24) is 4.98 Å². The lowest BCUT2D eigenvalue weighted by molar-refractivity contribution is 0.141. The summed E-state index contributed by atoms with van der Waals surface area (Å²) in [5, 5.41) is 12.8. The van der Waals surface area contributed by atoms with E-state index in [9.17, 15) is 5.11 Å². The molecule has 0 aliphatic heterocycles. The highest BCUT2D eigenvalue weighted by atomic mass is 16.3. The monoisotopic (exact) mass is 250 g/mol. The van der Waals surface area contributed by atoms with Gasteiger partial charge in [0.05, 0.1) is 0 Å². The molecule has 2 unspecified atom stereocenters. The van der Waals surface area contributed by atoms with Gasteiger partial charge in [0.1, 0.15) is 5.82 Å². The number of nitrogen functional groups attached to an aromatic ring is 1. The lowest BCUT2D eigenvalue weighted by Crippen LogP contribution is -2.28. The third-order valence-corrected chi connectivity index (χ3v) is 3.78. The third kappa shape index (κ3) is 3.34. The number of rotatable bonds is 5. The van der Waals surface area contributed by atoms with Crippen LogP contribution in [0.1, 0.15) is 25.7 Å². The second-order valence-electron chi connectivity index (χ2n) is 4.94. The van der Waals surface area contributed by atoms with Crippen molar-refractivity contribution < 1.29 is 5.11 Å². The van der Waals surface area contributed by atoms with E-state index in [2.05, 4.69) is 15.7 Å². The molecule has 1 saturated carbocycles. The van der Waals surface area contributed by atoms with E-state index >= 15 is 0 Å². The first kappa shape index (κ1) is 13.1. The van der Waals surface area contributed by atoms with Crippen molar-refractivity contribution in [1.29, 1.82) is 0 Å². The van der Waals surface area contributed by atoms with Gasteiger partial charge in [-0.2, -0.15) is 0 Å². The summed E-state index contributed by atoms with van der Waals surface area (Å²) in [7, 11) is 0. The summed E-state index contributed by atoms with van der Waals surface area (Å²) in [6, 6.07) is 3.81. The van der Waals surface area contributed by atoms with E-state index in [0.717, 1.165) is 18.7 Å². The molecule has 18 heavy (non-hydrogen) atoms. The fraction of sp³-hybridized carbons (Fsp3) is 0.615. The van der Waals surface area contributed by atoms with Crippen LogP contribution in [0, 0.1) is 11.8 Å². The van der Waals surface area contributed by atoms with Gasteiger partial charge in [-0.3, -0.25) is 0 Å². The maximum Gasteiger partial charge on any atom is 0.141 e. The van der Waals surface area contributed by atoms with Crippen LogP contribution in [0.25, 0.3) is 0 Å². The van der Waals surface area contributed by atoms with Crippen LogP contribution in [0.15, 0.2) is 18.3 Å². The van der Waals surface area contributed by atoms with Gasteiger partial charge < -0.3 is 15.8 Å². The number of hydrogen-bond acceptors (Lipinski definition) is 5. The maximum absolute atomic E-state index is 9.38. The topological polar surface area (TPSA) is 83.2 Å². The van der Waals surface area contributed by atoms with Gasteiger partial charge in [0, 0.05) is 31.1 Å². The highest BCUT2D eigenvalue weighted by Gasteiger charge is 2.23. The van der Waals surface area contributed by atoms with Crippen molar-refractivity contribution in [3.63, 3.8) is 0 Å². The second-order valence-corrected chi connectivity index (χ2v) is 4.94. The number of nitrogens with zero attached hydrogens (tertiary/aromatic N) is 1. The fourth-order valence-corrected chi connectivity index (χ4v) is 2.66. The van der Waals surface area contributed by atoms with E-state index in [1.54, 1.807) is 6.20 Å². The average molecular weight is 250 g/mol. The molecule has 5 nitrogen and oxygen atoms in total. The van der Waals surface area contributed by atoms with Crippen LogP contribution in [0.5, 0.6) is 0 Å². The molecular formula is C13H22N4O. The van der Waals surface area contributed by atoms with Crippen molar-refractivity contribution in [3.05, 3.63) is 18.3 Å². The highest BCUT2D eigenvalue weighted by molar-refractivity contribution is 5.51. The molecule has 0 radical (unpaired) electrons. The van der Waals surface area contributed by atoms with E-state index in [4.69, 9.17) is 5.84 Å². The molecule has 0 saturated heterocycles. The van der Waals surface area contributed by atoms with Crippen molar-refractivity contribution >= 4 is 11.5 Å². The predicted octanol–water partition coefficient (Wildman–Crippen LogP) is 1.58. The molecule has 0 aromatic carbocycles. The molecule has 0 bridgehead atoms. The van der Waals surface area contributed by atoms with Crippen LogP contribution < -0.4 is 16.6 Å². The van der Waals surface area contributed by atoms with Crippen LogP contribution >= 0.6 is 0 Å². The molecule has 5 N–H and O–H groups in total. The van der Waals surface area contributed by atoms with E-state index in [1.165, 1.54) is 19.3 Å². The number of pyridine rings is 1. The summed E-state index contributed by atoms with van der Waals surface area (Å²) in [5.41, 5.74) is 3.55. The summed E-state index contributed by atoms with van der Waals surface area (Å²) in [5.74, 6) is 6.99. The van der Waals surface area contributed by atoms with Crippen LogP contribution in [-0.4, -0.2) is 23.2 Å². The summed E-state index contributed by atoms with van der Waals surface area (Å²) < 4.78 is 0. The first-order chi connectivity index (χ1) is 8.83. The van der Waals surface area contributed by atoms with Gasteiger partial charge in [0.15, 0.2) is 0 Å². The molecule has 1 aliphatic carbocycles. The molecule has 0 spiro atoms. The minimum absolute atomic E-state index is 0.304. The standard InChI is InChI=1S/C13H22N4O/c14-17-13-7-12(5-6-15-13)16-8-10-3-1-2-4-11(10)9-18/h5-7,10-11,18H,1-4,8-9,14H2,(H2,15,16,17). The molecule has 100 valence electrons. The molecule has 1 aromatic heterocycles. The summed E-state index contributed by atoms with van der Waals surface area (Å²) >= 11 is 0. The van der Waals surface area contributed by atoms with E-state index in [1.807, 2.05) is 12.1 Å². The molecule has 1 fully saturated rings. The van der Waals surface area contributed by atoms with Crippen LogP contribution in [-0.2, 0) is 0 Å². The number of hydrazine groups is 1. The van der Waals surface area contributed by atoms with Crippen molar-refractivity contribution in [2.24, 2.45) is 17.7 Å². The number of nitrogens with two attached hydrogens (primary N) is 1. The first-order valence-corrected chi connectivity index (χ1v) is 6.61. The molecule has 2 atom stereocenters. The molecule has 0 amide bonds. The third-order valence-electron chi connectivity index (χ3n) is 3.78. The predicted molar refractivity (Wildman–Crippen MR) is 73.1 cm³/mol. The van der Waals surface area contributed by atoms with E-state index < -0.39 is 0 Å². The Hall–Kier alpha value is -1.33. The molecular weight excluding hydrogens is 228 g/mol. The molecule has 5 heteroatoms. The highest BCUT2D eigenvalue weighted by Crippen LogP contribution is 2.29. The van der Waals surface area contributed by atoms with E-state index in [-0.39, 0.29) is 0 Å². The van der Waals surface area contributed by atoms with Gasteiger partial charge in [0.25, 0.3) is 0 Å². The zero-order chi connectivity index (χ0) is 12.8. The lowest BCUT2D eigenvalue weighted by atomic mass is 9.79. The van der Waals surface area contributed by atoms with E-state index in [0.29, 0.717) is 24.3 Å². The molecule has 1 heterocycles. The van der Waals surface area contributed by atoms with Gasteiger partial charge in [-0.05, 0) is 30.7 Å². The van der Waals surface area contributed by atoms with Gasteiger partial charge in [0.2, 0.25) is 0 Å². The number of nitrogens with one attached hydrogen (secondary N) is 2. The van der Waals surface area contributed by atoms with Crippen molar-refractivity contribution in [3.8, 4) is 0 Å². The molecule has 1 aliphatic rings. The first-order valence-electron chi connectivity index (χ1n) is 6.61. The van der Waals surface area contributed by atoms with Gasteiger partial charge in [-0.15, -0.1) is 0 Å². The van der Waals surface area contributed by atoms with Gasteiger partial charge in [-0.1, -0.05) is 12.8 Å². The Bertz CT molecular complexity index is 372. The average Bonchev–Trinajstić information content (AvgIpc) is 2.45. The molecule has 2 rings (SSSR count). The fourth-order valence-electron chi connectivity index (χ4n) is 2.66. The van der Waals surface area contributed by atoms with Gasteiger partial charge >= 0.3 is 0 Å². The SMILES string of the molecule is NNc1cc(NCC2CCCCC2CO)ccn1. The maximum atomic E-state index is 9.38. The zero-order valence-corrected chi connectivity index (χ0v) is 10.6. The summed E-state index contributed by atoms with van der Waals surface area (Å²) in [4.78, 5) is 4.07. The normalized spacial score (nSPS) is 23.7. The Morgan fingerprint density at radius 3 is 2.83 bits per heavy atom. The van der Waals surface area contributed by atoms with Gasteiger partial charge in [-0.25, -0.2) is 10.8 Å². The Labute approximate surface area is 108 Å².